The summed E-state index contributed by atoms with van der Waals surface area (Å²) in [6.07, 6.45) is 7.10. The highest BCUT2D eigenvalue weighted by Gasteiger charge is 2.33. The van der Waals surface area contributed by atoms with Crippen LogP contribution in [0.15, 0.2) is 42.6 Å². The normalized spacial score (nSPS) is 24.9. The number of hydrogen-bond donors (Lipinski definition) is 4. The Bertz CT molecular complexity index is 803. The highest BCUT2D eigenvalue weighted by atomic mass is 15.4. The van der Waals surface area contributed by atoms with Gasteiger partial charge in [-0.3, -0.25) is 0 Å². The van der Waals surface area contributed by atoms with Crippen molar-refractivity contribution in [2.24, 2.45) is 5.73 Å². The third kappa shape index (κ3) is 3.87. The van der Waals surface area contributed by atoms with Crippen LogP contribution in [0.25, 0.3) is 5.82 Å². The smallest absolute Gasteiger partial charge is 0.136 e. The molecule has 1 saturated heterocycles. The first-order valence-electron chi connectivity index (χ1n) is 9.93. The summed E-state index contributed by atoms with van der Waals surface area (Å²) in [5.41, 5.74) is 8.58. The fraction of sp³-hybridized carbons (Fsp3) is 0.476. The molecule has 0 radical (unpaired) electrons. The summed E-state index contributed by atoms with van der Waals surface area (Å²) in [4.78, 5) is 0. The van der Waals surface area contributed by atoms with Crippen molar-refractivity contribution < 1.29 is 0 Å². The predicted octanol–water partition coefficient (Wildman–Crippen LogP) is 2.47. The molecule has 3 heterocycles. The van der Waals surface area contributed by atoms with Crippen LogP contribution in [0.1, 0.15) is 43.7 Å². The predicted molar refractivity (Wildman–Crippen MR) is 110 cm³/mol. The molecule has 144 valence electrons. The van der Waals surface area contributed by atoms with E-state index in [1.807, 2.05) is 16.9 Å². The molecule has 1 aromatic carbocycles. The quantitative estimate of drug-likeness (QED) is 0.654. The second-order valence-electron chi connectivity index (χ2n) is 8.06. The van der Waals surface area contributed by atoms with Gasteiger partial charge in [-0.25, -0.2) is 4.68 Å². The van der Waals surface area contributed by atoms with Gasteiger partial charge in [0.1, 0.15) is 17.3 Å². The topological polar surface area (TPSA) is 79.9 Å². The zero-order chi connectivity index (χ0) is 18.9. The van der Waals surface area contributed by atoms with E-state index >= 15 is 0 Å². The van der Waals surface area contributed by atoms with Crippen molar-refractivity contribution in [1.82, 2.24) is 20.4 Å². The van der Waals surface area contributed by atoms with Gasteiger partial charge in [0, 0.05) is 24.6 Å². The number of rotatable bonds is 5. The van der Waals surface area contributed by atoms with Gasteiger partial charge in [-0.1, -0.05) is 44.2 Å². The second-order valence-corrected chi connectivity index (χ2v) is 8.06. The van der Waals surface area contributed by atoms with Crippen LogP contribution >= 0.6 is 0 Å². The molecule has 6 nitrogen and oxygen atoms in total. The molecule has 2 unspecified atom stereocenters. The third-order valence-corrected chi connectivity index (χ3v) is 5.38. The van der Waals surface area contributed by atoms with E-state index in [4.69, 9.17) is 5.73 Å². The molecule has 2 aliphatic heterocycles. The van der Waals surface area contributed by atoms with Crippen molar-refractivity contribution in [2.45, 2.75) is 50.7 Å². The van der Waals surface area contributed by atoms with E-state index in [0.29, 0.717) is 18.4 Å². The first kappa shape index (κ1) is 18.1. The Balaban J connectivity index is 1.67. The number of nitrogens with two attached hydrogens (primary N) is 1. The van der Waals surface area contributed by atoms with Gasteiger partial charge in [0.25, 0.3) is 0 Å². The molecule has 2 aliphatic rings. The Kier molecular flexibility index (Phi) is 4.93. The van der Waals surface area contributed by atoms with Crippen LogP contribution in [-0.2, 0) is 6.42 Å². The number of nitrogens with zero attached hydrogens (tertiary/aromatic N) is 2. The molecule has 4 rings (SSSR count). The van der Waals surface area contributed by atoms with Gasteiger partial charge in [0.05, 0.1) is 6.20 Å². The lowest BCUT2D eigenvalue weighted by molar-refractivity contribution is 0.417. The van der Waals surface area contributed by atoms with Crippen molar-refractivity contribution in [3.63, 3.8) is 0 Å². The number of benzene rings is 1. The summed E-state index contributed by atoms with van der Waals surface area (Å²) in [6.45, 7) is 6.43. The number of fused-ring (bicyclic) bond motifs is 1. The zero-order valence-electron chi connectivity index (χ0n) is 16.2. The molecule has 6 heteroatoms. The molecule has 1 fully saturated rings. The van der Waals surface area contributed by atoms with Crippen LogP contribution in [0.2, 0.25) is 0 Å². The molecule has 0 amide bonds. The Morgan fingerprint density at radius 1 is 1.33 bits per heavy atom. The maximum Gasteiger partial charge on any atom is 0.136 e. The average Bonchev–Trinajstić information content (AvgIpc) is 3.07. The molecule has 0 spiro atoms. The van der Waals surface area contributed by atoms with E-state index in [1.54, 1.807) is 0 Å². The molecular weight excluding hydrogens is 336 g/mol. The van der Waals surface area contributed by atoms with Gasteiger partial charge < -0.3 is 21.7 Å². The Hall–Kier alpha value is -2.31. The summed E-state index contributed by atoms with van der Waals surface area (Å²) in [7, 11) is 0. The number of hydrogen-bond acceptors (Lipinski definition) is 5. The third-order valence-electron chi connectivity index (χ3n) is 5.38. The lowest BCUT2D eigenvalue weighted by Gasteiger charge is -2.36. The number of piperidine rings is 1. The van der Waals surface area contributed by atoms with Crippen LogP contribution in [0, 0.1) is 0 Å². The maximum absolute atomic E-state index is 6.85. The Morgan fingerprint density at radius 3 is 2.85 bits per heavy atom. The van der Waals surface area contributed by atoms with Gasteiger partial charge in [0.15, 0.2) is 0 Å². The molecule has 0 aliphatic carbocycles. The summed E-state index contributed by atoms with van der Waals surface area (Å²) in [5.74, 6) is 2.35. The summed E-state index contributed by atoms with van der Waals surface area (Å²) in [5, 5.41) is 15.4. The molecule has 27 heavy (non-hydrogen) atoms. The van der Waals surface area contributed by atoms with Crippen molar-refractivity contribution in [1.29, 1.82) is 0 Å². The summed E-state index contributed by atoms with van der Waals surface area (Å²) >= 11 is 0. The molecule has 1 aromatic heterocycles. The first-order valence-corrected chi connectivity index (χ1v) is 9.93. The summed E-state index contributed by atoms with van der Waals surface area (Å²) < 4.78 is 1.97. The van der Waals surface area contributed by atoms with Crippen LogP contribution in [-0.4, -0.2) is 34.6 Å². The molecule has 5 N–H and O–H groups in total. The van der Waals surface area contributed by atoms with E-state index in [-0.39, 0.29) is 0 Å². The van der Waals surface area contributed by atoms with Gasteiger partial charge >= 0.3 is 0 Å². The van der Waals surface area contributed by atoms with Crippen LogP contribution < -0.4 is 21.7 Å². The minimum atomic E-state index is -0.661. The first-order chi connectivity index (χ1) is 13.0. The van der Waals surface area contributed by atoms with Crippen LogP contribution in [0.5, 0.6) is 0 Å². The fourth-order valence-corrected chi connectivity index (χ4v) is 3.97. The minimum absolute atomic E-state index is 0.373. The van der Waals surface area contributed by atoms with Crippen molar-refractivity contribution >= 4 is 11.6 Å². The van der Waals surface area contributed by atoms with Gasteiger partial charge in [-0.15, -0.1) is 0 Å². The molecule has 2 atom stereocenters. The van der Waals surface area contributed by atoms with Crippen molar-refractivity contribution in [2.75, 3.05) is 18.4 Å². The minimum Gasteiger partial charge on any atom is -0.366 e. The molecule has 0 saturated carbocycles. The van der Waals surface area contributed by atoms with Crippen molar-refractivity contribution in [3.05, 3.63) is 53.7 Å². The number of anilines is 1. The van der Waals surface area contributed by atoms with Gasteiger partial charge in [-0.05, 0) is 36.9 Å². The fourth-order valence-electron chi connectivity index (χ4n) is 3.97. The lowest BCUT2D eigenvalue weighted by atomic mass is 9.97. The SMILES string of the molecule is CC(C)c1cnn2c1NC(N)(Cc1ccccc1)C=C2NC1CCCNC1. The van der Waals surface area contributed by atoms with Gasteiger partial charge in [0.2, 0.25) is 0 Å². The van der Waals surface area contributed by atoms with E-state index in [2.05, 4.69) is 65.2 Å². The monoisotopic (exact) mass is 366 g/mol. The molecule has 0 bridgehead atoms. The standard InChI is InChI=1S/C21H30N6/c1-15(2)18-14-24-27-19(25-17-9-6-10-23-13-17)12-21(22,26-20(18)27)11-16-7-4-3-5-8-16/h3-5,7-8,12,14-15,17,23,25-26H,6,9-11,13,22H2,1-2H3. The average molecular weight is 367 g/mol. The lowest BCUT2D eigenvalue weighted by Crippen LogP contribution is -2.53. The largest absolute Gasteiger partial charge is 0.366 e. The second kappa shape index (κ2) is 7.37. The van der Waals surface area contributed by atoms with E-state index < -0.39 is 5.66 Å². The van der Waals surface area contributed by atoms with E-state index in [9.17, 15) is 0 Å². The Morgan fingerprint density at radius 2 is 2.15 bits per heavy atom. The van der Waals surface area contributed by atoms with Crippen LogP contribution in [0.3, 0.4) is 0 Å². The highest BCUT2D eigenvalue weighted by molar-refractivity contribution is 5.64. The van der Waals surface area contributed by atoms with Crippen molar-refractivity contribution in [3.8, 4) is 0 Å². The molecule has 2 aromatic rings. The van der Waals surface area contributed by atoms with Gasteiger partial charge in [-0.2, -0.15) is 5.10 Å². The van der Waals surface area contributed by atoms with E-state index in [0.717, 1.165) is 31.1 Å². The number of nitrogens with one attached hydrogen (secondary N) is 3. The summed E-state index contributed by atoms with van der Waals surface area (Å²) in [6, 6.07) is 10.8. The maximum atomic E-state index is 6.85. The Labute approximate surface area is 161 Å². The molecular formula is C21H30N6. The zero-order valence-corrected chi connectivity index (χ0v) is 16.2. The van der Waals surface area contributed by atoms with Crippen LogP contribution in [0.4, 0.5) is 5.82 Å². The van der Waals surface area contributed by atoms with E-state index in [1.165, 1.54) is 17.5 Å². The highest BCUT2D eigenvalue weighted by Crippen LogP contribution is 2.33. The number of aromatic nitrogens is 2.